The van der Waals surface area contributed by atoms with Crippen LogP contribution in [0.2, 0.25) is 0 Å². The predicted molar refractivity (Wildman–Crippen MR) is 33.0 cm³/mol. The van der Waals surface area contributed by atoms with E-state index >= 15 is 0 Å². The van der Waals surface area contributed by atoms with Crippen LogP contribution in [0.5, 0.6) is 5.75 Å². The number of rotatable bonds is 2. The van der Waals surface area contributed by atoms with Gasteiger partial charge in [0.15, 0.2) is 0 Å². The van der Waals surface area contributed by atoms with E-state index < -0.39 is 0 Å². The molecule has 0 fully saturated rings. The average molecular weight is 139 g/mol. The summed E-state index contributed by atoms with van der Waals surface area (Å²) in [4.78, 5) is 0. The Kier molecular flexibility index (Phi) is 1.84. The summed E-state index contributed by atoms with van der Waals surface area (Å²) in [5.41, 5.74) is 0.588. The minimum atomic E-state index is 0.354. The van der Waals surface area contributed by atoms with Crippen molar-refractivity contribution in [3.8, 4) is 5.75 Å². The van der Waals surface area contributed by atoms with Crippen molar-refractivity contribution in [2.45, 2.75) is 13.8 Å². The number of hydrogen-bond donors (Lipinski definition) is 0. The molecule has 0 radical (unpaired) electrons. The average Bonchev–Trinajstić information content (AvgIpc) is 2.20. The maximum absolute atomic E-state index is 9.88. The summed E-state index contributed by atoms with van der Waals surface area (Å²) in [6.07, 6.45) is 0. The van der Waals surface area contributed by atoms with Crippen molar-refractivity contribution in [2.75, 3.05) is 0 Å². The summed E-state index contributed by atoms with van der Waals surface area (Å²) in [6, 6.07) is 0. The molecule has 0 unspecified atom stereocenters. The van der Waals surface area contributed by atoms with Crippen molar-refractivity contribution in [3.63, 3.8) is 0 Å². The second-order valence-corrected chi connectivity index (χ2v) is 1.87. The van der Waals surface area contributed by atoms with E-state index in [1.165, 1.54) is 0 Å². The monoisotopic (exact) mass is 139 g/mol. The van der Waals surface area contributed by atoms with Gasteiger partial charge in [0.1, 0.15) is 0 Å². The molecule has 0 saturated heterocycles. The number of hydrogen-bond acceptors (Lipinski definition) is 4. The van der Waals surface area contributed by atoms with Crippen molar-refractivity contribution < 1.29 is 13.9 Å². The van der Waals surface area contributed by atoms with Gasteiger partial charge >= 0.3 is 57.4 Å². The van der Waals surface area contributed by atoms with Gasteiger partial charge in [-0.2, -0.15) is 0 Å². The minimum absolute atomic E-state index is 0.354. The summed E-state index contributed by atoms with van der Waals surface area (Å²) in [5, 5.41) is 3.58. The van der Waals surface area contributed by atoms with Crippen LogP contribution in [0.4, 0.5) is 0 Å². The zero-order chi connectivity index (χ0) is 7.56. The van der Waals surface area contributed by atoms with Gasteiger partial charge in [0.2, 0.25) is 0 Å². The molecule has 0 saturated carbocycles. The van der Waals surface area contributed by atoms with Gasteiger partial charge in [-0.05, 0) is 0 Å². The molecule has 0 aliphatic rings. The van der Waals surface area contributed by atoms with E-state index in [0.29, 0.717) is 24.6 Å². The molecule has 0 amide bonds. The Labute approximate surface area is 58.4 Å². The van der Waals surface area contributed by atoms with Gasteiger partial charge in [0, 0.05) is 0 Å². The number of nitrogens with zero attached hydrogens (tertiary/aromatic N) is 1. The van der Waals surface area contributed by atoms with Crippen LogP contribution >= 0.6 is 0 Å². The normalized spacial score (nSPS) is 9.00. The maximum atomic E-state index is 9.88. The molecule has 0 atom stereocenters. The van der Waals surface area contributed by atoms with Crippen LogP contribution in [0.3, 0.4) is 0 Å². The van der Waals surface area contributed by atoms with E-state index in [1.807, 2.05) is 0 Å². The second-order valence-electron chi connectivity index (χ2n) is 1.87. The van der Waals surface area contributed by atoms with E-state index in [9.17, 15) is 4.70 Å². The summed E-state index contributed by atoms with van der Waals surface area (Å²) in [7, 11) is 0.354. The van der Waals surface area contributed by atoms with Crippen molar-refractivity contribution in [2.24, 2.45) is 0 Å². The zero-order valence-corrected chi connectivity index (χ0v) is 5.75. The molecule has 4 nitrogen and oxygen atoms in total. The molecule has 1 aromatic rings. The SMILES string of the molecule is Cc1noc(C)c1OB=O. The topological polar surface area (TPSA) is 52.3 Å². The molecule has 52 valence electrons. The molecular formula is C5H6BNO3. The third-order valence-corrected chi connectivity index (χ3v) is 1.13. The first-order valence-electron chi connectivity index (χ1n) is 2.79. The van der Waals surface area contributed by atoms with Gasteiger partial charge in [-0.15, -0.1) is 0 Å². The van der Waals surface area contributed by atoms with Crippen LogP contribution in [0.15, 0.2) is 4.52 Å². The molecule has 1 aromatic heterocycles. The van der Waals surface area contributed by atoms with Gasteiger partial charge < -0.3 is 0 Å². The Balaban J connectivity index is 2.97. The van der Waals surface area contributed by atoms with Gasteiger partial charge in [-0.1, -0.05) is 0 Å². The molecule has 0 aliphatic heterocycles. The van der Waals surface area contributed by atoms with Crippen LogP contribution in [0, 0.1) is 13.8 Å². The molecule has 5 heteroatoms. The fourth-order valence-electron chi connectivity index (χ4n) is 0.691. The molecule has 0 N–H and O–H groups in total. The molecule has 1 heterocycles. The Morgan fingerprint density at radius 1 is 1.60 bits per heavy atom. The van der Waals surface area contributed by atoms with E-state index in [1.54, 1.807) is 13.8 Å². The molecule has 0 bridgehead atoms. The molecule has 1 rings (SSSR count). The van der Waals surface area contributed by atoms with Crippen LogP contribution in [0.25, 0.3) is 0 Å². The standard InChI is InChI=1S/C5H6BNO3/c1-3-5(9-6-8)4(2)10-7-3/h1-2H3. The Morgan fingerprint density at radius 2 is 2.30 bits per heavy atom. The van der Waals surface area contributed by atoms with E-state index in [-0.39, 0.29) is 0 Å². The van der Waals surface area contributed by atoms with E-state index in [2.05, 4.69) is 9.81 Å². The van der Waals surface area contributed by atoms with Crippen molar-refractivity contribution in [3.05, 3.63) is 11.5 Å². The van der Waals surface area contributed by atoms with Crippen molar-refractivity contribution in [1.82, 2.24) is 5.16 Å². The Morgan fingerprint density at radius 3 is 2.70 bits per heavy atom. The molecule has 0 spiro atoms. The predicted octanol–water partition coefficient (Wildman–Crippen LogP) is 0.635. The summed E-state index contributed by atoms with van der Waals surface area (Å²) in [6.45, 7) is 3.38. The summed E-state index contributed by atoms with van der Waals surface area (Å²) in [5.74, 6) is 0.930. The Bertz CT molecular complexity index is 226. The Hall–Kier alpha value is -1.13. The third kappa shape index (κ3) is 1.07. The number of aryl methyl sites for hydroxylation is 2. The fraction of sp³-hybridized carbons (Fsp3) is 0.400. The molecule has 0 aromatic carbocycles. The van der Waals surface area contributed by atoms with Crippen molar-refractivity contribution >= 4 is 7.35 Å². The first-order chi connectivity index (χ1) is 4.75. The van der Waals surface area contributed by atoms with Crippen LogP contribution in [-0.2, 0) is 4.70 Å². The van der Waals surface area contributed by atoms with Gasteiger partial charge in [-0.3, -0.25) is 0 Å². The summed E-state index contributed by atoms with van der Waals surface area (Å²) >= 11 is 0. The fourth-order valence-corrected chi connectivity index (χ4v) is 0.691. The summed E-state index contributed by atoms with van der Waals surface area (Å²) < 4.78 is 19.2. The zero-order valence-electron chi connectivity index (χ0n) is 5.75. The first-order valence-corrected chi connectivity index (χ1v) is 2.79. The van der Waals surface area contributed by atoms with Crippen LogP contribution in [-0.4, -0.2) is 12.5 Å². The van der Waals surface area contributed by atoms with Gasteiger partial charge in [-0.25, -0.2) is 0 Å². The van der Waals surface area contributed by atoms with E-state index in [0.717, 1.165) is 0 Å². The van der Waals surface area contributed by atoms with Crippen LogP contribution in [0.1, 0.15) is 11.5 Å². The van der Waals surface area contributed by atoms with Gasteiger partial charge in [0.25, 0.3) is 0 Å². The molecule has 0 aliphatic carbocycles. The van der Waals surface area contributed by atoms with Crippen molar-refractivity contribution in [1.29, 1.82) is 0 Å². The molecule has 10 heavy (non-hydrogen) atoms. The van der Waals surface area contributed by atoms with Gasteiger partial charge in [0.05, 0.1) is 0 Å². The molecular weight excluding hydrogens is 133 g/mol. The quantitative estimate of drug-likeness (QED) is 0.564. The van der Waals surface area contributed by atoms with Crippen LogP contribution < -0.4 is 4.65 Å². The first kappa shape index (κ1) is 6.99. The van der Waals surface area contributed by atoms with E-state index in [4.69, 9.17) is 4.52 Å². The second kappa shape index (κ2) is 2.64. The third-order valence-electron chi connectivity index (χ3n) is 1.13. The number of aromatic nitrogens is 1.